The Bertz CT molecular complexity index is 190. The molecule has 88 valence electrons. The fraction of sp³-hybridized carbons (Fsp3) is 0.929. The van der Waals surface area contributed by atoms with Crippen LogP contribution in [-0.2, 0) is 4.79 Å². The van der Waals surface area contributed by atoms with Crippen molar-refractivity contribution in [1.29, 1.82) is 0 Å². The second-order valence-electron chi connectivity index (χ2n) is 5.22. The Hall–Kier alpha value is -0.330. The Morgan fingerprint density at radius 3 is 2.27 bits per heavy atom. The van der Waals surface area contributed by atoms with Gasteiger partial charge in [0, 0.05) is 11.8 Å². The van der Waals surface area contributed by atoms with Crippen molar-refractivity contribution < 1.29 is 4.79 Å². The topological polar surface area (TPSA) is 17.1 Å². The molecule has 1 heteroatoms. The van der Waals surface area contributed by atoms with E-state index in [1.807, 2.05) is 0 Å². The van der Waals surface area contributed by atoms with E-state index in [4.69, 9.17) is 0 Å². The smallest absolute Gasteiger partial charge is 0.138 e. The maximum absolute atomic E-state index is 12.0. The third-order valence-electron chi connectivity index (χ3n) is 4.04. The van der Waals surface area contributed by atoms with E-state index < -0.39 is 0 Å². The van der Waals surface area contributed by atoms with Crippen LogP contribution in [0.3, 0.4) is 0 Å². The summed E-state index contributed by atoms with van der Waals surface area (Å²) in [5.74, 6) is 2.13. The Labute approximate surface area is 94.6 Å². The molecule has 0 heterocycles. The average molecular weight is 210 g/mol. The van der Waals surface area contributed by atoms with Crippen LogP contribution in [0.2, 0.25) is 0 Å². The normalized spacial score (nSPS) is 28.7. The maximum atomic E-state index is 12.0. The molecule has 1 rings (SSSR count). The number of carbonyl (C=O) groups is 1. The van der Waals surface area contributed by atoms with E-state index in [0.717, 1.165) is 25.2 Å². The van der Waals surface area contributed by atoms with Crippen LogP contribution in [0.1, 0.15) is 65.7 Å². The molecule has 1 unspecified atom stereocenters. The quantitative estimate of drug-likeness (QED) is 0.664. The molecule has 0 aliphatic heterocycles. The van der Waals surface area contributed by atoms with Crippen LogP contribution in [0, 0.1) is 17.8 Å². The van der Waals surface area contributed by atoms with Crippen molar-refractivity contribution >= 4 is 5.78 Å². The molecule has 1 aliphatic rings. The average Bonchev–Trinajstić information content (AvgIpc) is 2.28. The van der Waals surface area contributed by atoms with E-state index in [1.54, 1.807) is 0 Å². The molecule has 0 aromatic heterocycles. The summed E-state index contributed by atoms with van der Waals surface area (Å²) in [6.45, 7) is 6.46. The first kappa shape index (κ1) is 12.7. The van der Waals surface area contributed by atoms with E-state index in [0.29, 0.717) is 11.7 Å². The first-order chi connectivity index (χ1) is 7.19. The predicted octanol–water partition coefficient (Wildman–Crippen LogP) is 4.21. The van der Waals surface area contributed by atoms with Crippen LogP contribution in [0.25, 0.3) is 0 Å². The number of hydrogen-bond donors (Lipinski definition) is 0. The molecular weight excluding hydrogens is 184 g/mol. The SMILES string of the molecule is CCCC1CCC(C(=O)C(C)CC)CC1. The standard InChI is InChI=1S/C14H26O/c1-4-6-12-7-9-13(10-8-12)14(15)11(3)5-2/h11-13H,4-10H2,1-3H3. The summed E-state index contributed by atoms with van der Waals surface area (Å²) < 4.78 is 0. The van der Waals surface area contributed by atoms with Crippen LogP contribution < -0.4 is 0 Å². The first-order valence-corrected chi connectivity index (χ1v) is 6.72. The van der Waals surface area contributed by atoms with Crippen molar-refractivity contribution in [3.8, 4) is 0 Å². The van der Waals surface area contributed by atoms with Gasteiger partial charge >= 0.3 is 0 Å². The summed E-state index contributed by atoms with van der Waals surface area (Å²) >= 11 is 0. The van der Waals surface area contributed by atoms with E-state index in [9.17, 15) is 4.79 Å². The van der Waals surface area contributed by atoms with Crippen molar-refractivity contribution in [3.05, 3.63) is 0 Å². The lowest BCUT2D eigenvalue weighted by Crippen LogP contribution is -2.26. The largest absolute Gasteiger partial charge is 0.299 e. The summed E-state index contributed by atoms with van der Waals surface area (Å²) in [5.41, 5.74) is 0. The van der Waals surface area contributed by atoms with Gasteiger partial charge in [-0.15, -0.1) is 0 Å². The highest BCUT2D eigenvalue weighted by Crippen LogP contribution is 2.33. The van der Waals surface area contributed by atoms with Gasteiger partial charge in [0.15, 0.2) is 0 Å². The van der Waals surface area contributed by atoms with E-state index >= 15 is 0 Å². The van der Waals surface area contributed by atoms with Gasteiger partial charge < -0.3 is 0 Å². The summed E-state index contributed by atoms with van der Waals surface area (Å²) in [7, 11) is 0. The number of hydrogen-bond acceptors (Lipinski definition) is 1. The van der Waals surface area contributed by atoms with Crippen LogP contribution >= 0.6 is 0 Å². The Morgan fingerprint density at radius 2 is 1.80 bits per heavy atom. The lowest BCUT2D eigenvalue weighted by molar-refractivity contribution is -0.127. The van der Waals surface area contributed by atoms with Gasteiger partial charge in [0.25, 0.3) is 0 Å². The van der Waals surface area contributed by atoms with Gasteiger partial charge in [-0.05, 0) is 38.0 Å². The molecule has 1 saturated carbocycles. The molecule has 0 saturated heterocycles. The van der Waals surface area contributed by atoms with Gasteiger partial charge in [0.2, 0.25) is 0 Å². The zero-order chi connectivity index (χ0) is 11.3. The molecule has 0 aromatic rings. The second-order valence-corrected chi connectivity index (χ2v) is 5.22. The molecule has 1 aliphatic carbocycles. The van der Waals surface area contributed by atoms with Gasteiger partial charge in [-0.25, -0.2) is 0 Å². The minimum Gasteiger partial charge on any atom is -0.299 e. The van der Waals surface area contributed by atoms with Crippen molar-refractivity contribution in [2.75, 3.05) is 0 Å². The number of carbonyl (C=O) groups excluding carboxylic acids is 1. The van der Waals surface area contributed by atoms with Gasteiger partial charge in [0.05, 0.1) is 0 Å². The number of rotatable bonds is 5. The highest BCUT2D eigenvalue weighted by Gasteiger charge is 2.27. The summed E-state index contributed by atoms with van der Waals surface area (Å²) in [6, 6.07) is 0. The lowest BCUT2D eigenvalue weighted by atomic mass is 9.76. The van der Waals surface area contributed by atoms with Crippen molar-refractivity contribution in [2.45, 2.75) is 65.7 Å². The molecule has 15 heavy (non-hydrogen) atoms. The third kappa shape index (κ3) is 3.62. The minimum atomic E-state index is 0.290. The predicted molar refractivity (Wildman–Crippen MR) is 64.8 cm³/mol. The fourth-order valence-electron chi connectivity index (χ4n) is 2.75. The molecule has 0 spiro atoms. The zero-order valence-electron chi connectivity index (χ0n) is 10.6. The fourth-order valence-corrected chi connectivity index (χ4v) is 2.75. The monoisotopic (exact) mass is 210 g/mol. The summed E-state index contributed by atoms with van der Waals surface area (Å²) in [5, 5.41) is 0. The van der Waals surface area contributed by atoms with Crippen molar-refractivity contribution in [2.24, 2.45) is 17.8 Å². The maximum Gasteiger partial charge on any atom is 0.138 e. The molecule has 1 atom stereocenters. The molecular formula is C14H26O. The summed E-state index contributed by atoms with van der Waals surface area (Å²) in [6.07, 6.45) is 8.58. The lowest BCUT2D eigenvalue weighted by Gasteiger charge is -2.28. The van der Waals surface area contributed by atoms with Gasteiger partial charge in [-0.2, -0.15) is 0 Å². The molecule has 0 aromatic carbocycles. The van der Waals surface area contributed by atoms with Crippen molar-refractivity contribution in [3.63, 3.8) is 0 Å². The first-order valence-electron chi connectivity index (χ1n) is 6.72. The Balaban J connectivity index is 2.33. The van der Waals surface area contributed by atoms with E-state index in [1.165, 1.54) is 25.7 Å². The zero-order valence-corrected chi connectivity index (χ0v) is 10.6. The summed E-state index contributed by atoms with van der Waals surface area (Å²) in [4.78, 5) is 12.0. The molecule has 1 nitrogen and oxygen atoms in total. The number of ketones is 1. The van der Waals surface area contributed by atoms with Gasteiger partial charge in [0.1, 0.15) is 5.78 Å². The highest BCUT2D eigenvalue weighted by atomic mass is 16.1. The van der Waals surface area contributed by atoms with Gasteiger partial charge in [-0.3, -0.25) is 4.79 Å². The van der Waals surface area contributed by atoms with E-state index in [2.05, 4.69) is 20.8 Å². The molecule has 0 amide bonds. The van der Waals surface area contributed by atoms with Crippen LogP contribution in [0.5, 0.6) is 0 Å². The number of Topliss-reactive ketones (excluding diaryl/α,β-unsaturated/α-hetero) is 1. The van der Waals surface area contributed by atoms with Crippen LogP contribution in [0.4, 0.5) is 0 Å². The highest BCUT2D eigenvalue weighted by molar-refractivity contribution is 5.83. The second kappa shape index (κ2) is 6.30. The van der Waals surface area contributed by atoms with Crippen molar-refractivity contribution in [1.82, 2.24) is 0 Å². The third-order valence-corrected chi connectivity index (χ3v) is 4.04. The molecule has 0 radical (unpaired) electrons. The molecule has 0 N–H and O–H groups in total. The van der Waals surface area contributed by atoms with Crippen LogP contribution in [-0.4, -0.2) is 5.78 Å². The Kier molecular flexibility index (Phi) is 5.35. The molecule has 1 fully saturated rings. The van der Waals surface area contributed by atoms with E-state index in [-0.39, 0.29) is 5.92 Å². The Morgan fingerprint density at radius 1 is 1.20 bits per heavy atom. The van der Waals surface area contributed by atoms with Gasteiger partial charge in [-0.1, -0.05) is 33.6 Å². The minimum absolute atomic E-state index is 0.290. The molecule has 0 bridgehead atoms. The van der Waals surface area contributed by atoms with Crippen LogP contribution in [0.15, 0.2) is 0 Å².